The molecular weight excluding hydrogens is 1690 g/mol. The lowest BCUT2D eigenvalue weighted by Gasteiger charge is -2.27. The number of hydrogen-bond acceptors (Lipinski definition) is 14. The van der Waals surface area contributed by atoms with Gasteiger partial charge in [0.05, 0.1) is 5.56 Å². The average Bonchev–Trinajstić information content (AvgIpc) is 0.744. The summed E-state index contributed by atoms with van der Waals surface area (Å²) < 4.78 is 0. The molecule has 18 aromatic rings. The number of fused-ring (bicyclic) bond motifs is 1. The summed E-state index contributed by atoms with van der Waals surface area (Å²) in [4.78, 5) is 44.3. The predicted octanol–water partition coefficient (Wildman–Crippen LogP) is 15.6. The molecule has 0 radical (unpaired) electrons. The summed E-state index contributed by atoms with van der Waals surface area (Å²) in [7, 11) is -6.11. The molecule has 0 aromatic heterocycles. The quantitative estimate of drug-likeness (QED) is 0.0165. The standard InChI is InChI=1S/3C24H19OP.C18H14O2.3C7H7NO3/c3*25-20-16-18-24(19-17-20)26(21-10-4-1-5-11-21,22-12-6-2-7-13-22)23-14-8-3-9-15-23;19-17(10-13-6-2-1-3-7-13)16-11-14-8-4-5-9-15(14)12-18(16)20;3*9-6-4-2-1-3-5(6)7(10)8-11/h3*1-19H;1-9,11-12,20H,10H2;3*1-4,9,11H,(H,8,10). The first kappa shape index (κ1) is 94.2. The van der Waals surface area contributed by atoms with E-state index in [9.17, 15) is 49.8 Å². The van der Waals surface area contributed by atoms with Gasteiger partial charge in [0.25, 0.3) is 17.7 Å². The van der Waals surface area contributed by atoms with Crippen molar-refractivity contribution in [2.24, 2.45) is 0 Å². The maximum absolute atomic E-state index is 12.3. The van der Waals surface area contributed by atoms with Gasteiger partial charge in [0.15, 0.2) is 5.78 Å². The number of carbonyl (C=O) groups is 4. The summed E-state index contributed by atoms with van der Waals surface area (Å²) in [5.74, 6) is -2.70. The van der Waals surface area contributed by atoms with Gasteiger partial charge < -0.3 is 35.7 Å². The van der Waals surface area contributed by atoms with Gasteiger partial charge >= 0.3 is 0 Å². The van der Waals surface area contributed by atoms with Crippen LogP contribution in [0.2, 0.25) is 0 Å². The van der Waals surface area contributed by atoms with Crippen molar-refractivity contribution in [2.75, 3.05) is 0 Å². The Kier molecular flexibility index (Phi) is 33.8. The lowest BCUT2D eigenvalue weighted by atomic mass is 9.99. The number of aromatic hydroxyl groups is 4. The summed E-state index contributed by atoms with van der Waals surface area (Å²) in [5.41, 5.74) is 5.31. The predicted molar refractivity (Wildman–Crippen MR) is 524 cm³/mol. The number of nitrogens with one attached hydrogen (secondary N) is 3. The van der Waals surface area contributed by atoms with Crippen molar-refractivity contribution in [1.82, 2.24) is 16.4 Å². The molecule has 0 saturated carbocycles. The molecule has 10 N–H and O–H groups in total. The molecule has 0 fully saturated rings. The highest BCUT2D eigenvalue weighted by molar-refractivity contribution is 8.02. The number of carbonyl (C=O) groups excluding carboxylic acids is 4. The van der Waals surface area contributed by atoms with Crippen molar-refractivity contribution in [3.63, 3.8) is 0 Å². The molecular formula is C111H92N3O14P3. The fraction of sp³-hybridized carbons (Fsp3) is 0.00901. The van der Waals surface area contributed by atoms with E-state index in [2.05, 4.69) is 309 Å². The first-order chi connectivity index (χ1) is 63.9. The van der Waals surface area contributed by atoms with Crippen molar-refractivity contribution in [3.05, 3.63) is 513 Å². The lowest BCUT2D eigenvalue weighted by molar-refractivity contribution is -0.269. The zero-order valence-corrected chi connectivity index (χ0v) is 73.4. The monoisotopic (exact) mass is 1780 g/mol. The van der Waals surface area contributed by atoms with E-state index < -0.39 is 51.0 Å². The third-order valence-corrected chi connectivity index (χ3v) is 33.9. The van der Waals surface area contributed by atoms with Crippen LogP contribution in [-0.4, -0.2) is 59.6 Å². The van der Waals surface area contributed by atoms with Crippen molar-refractivity contribution in [2.45, 2.75) is 6.42 Å². The van der Waals surface area contributed by atoms with Crippen LogP contribution in [0.3, 0.4) is 0 Å². The van der Waals surface area contributed by atoms with Gasteiger partial charge in [-0.25, -0.2) is 16.4 Å². The maximum atomic E-state index is 12.3. The minimum atomic E-state index is -2.04. The molecule has 0 aliphatic rings. The van der Waals surface area contributed by atoms with E-state index in [0.717, 1.165) is 16.3 Å². The number of hydrogen-bond donors (Lipinski definition) is 10. The Balaban J connectivity index is 0.000000142. The average molecular weight is 1780 g/mol. The molecule has 0 bridgehead atoms. The Morgan fingerprint density at radius 2 is 0.420 bits per heavy atom. The number of amides is 3. The Morgan fingerprint density at radius 1 is 0.214 bits per heavy atom. The van der Waals surface area contributed by atoms with Gasteiger partial charge in [-0.2, -0.15) is 0 Å². The van der Waals surface area contributed by atoms with Gasteiger partial charge in [0.1, 0.15) is 108 Å². The Labute approximate surface area is 761 Å². The third-order valence-electron chi connectivity index (χ3n) is 21.1. The SMILES string of the molecule is O=C(Cc1ccccc1)c1cc2ccccc2cc1[O-].O=C(NO)c1ccccc1O.O=C(NO)c1ccccc1[O-].O=C(NO)c1ccccc1[O-].Oc1ccc([P+](c2ccccc2)(c2ccccc2)c2ccccc2)cc1.Oc1ccc([P+](c2ccccc2)(c2ccccc2)c2ccccc2)cc1.Oc1ccc([P+](c2ccccc2)(c2ccccc2)c2ccccc2)cc1. The van der Waals surface area contributed by atoms with Crippen molar-refractivity contribution < 1.29 is 70.5 Å². The van der Waals surface area contributed by atoms with Crippen LogP contribution in [0.5, 0.6) is 40.2 Å². The molecule has 0 aliphatic carbocycles. The highest BCUT2D eigenvalue weighted by Crippen LogP contribution is 2.57. The number of ketones is 1. The van der Waals surface area contributed by atoms with E-state index in [1.165, 1.54) is 135 Å². The third kappa shape index (κ3) is 23.3. The van der Waals surface area contributed by atoms with Gasteiger partial charge in [-0.1, -0.05) is 302 Å². The number of para-hydroxylation sites is 3. The number of hydroxylamine groups is 3. The topological polar surface area (TPSA) is 315 Å². The van der Waals surface area contributed by atoms with Gasteiger partial charge in [-0.05, 0) is 217 Å². The highest BCUT2D eigenvalue weighted by atomic mass is 31.2. The minimum absolute atomic E-state index is 0.0509. The summed E-state index contributed by atoms with van der Waals surface area (Å²) in [5, 5.41) is 114. The summed E-state index contributed by atoms with van der Waals surface area (Å²) in [6, 6.07) is 157. The van der Waals surface area contributed by atoms with E-state index >= 15 is 0 Å². The summed E-state index contributed by atoms with van der Waals surface area (Å²) in [6.45, 7) is 0. The number of phenolic OH excluding ortho intramolecular Hbond substituents is 4. The maximum Gasteiger partial charge on any atom is 0.278 e. The molecule has 18 rings (SSSR count). The van der Waals surface area contributed by atoms with Crippen LogP contribution in [0, 0.1) is 0 Å². The molecule has 17 nitrogen and oxygen atoms in total. The van der Waals surface area contributed by atoms with Crippen LogP contribution in [0.25, 0.3) is 10.8 Å². The lowest BCUT2D eigenvalue weighted by Crippen LogP contribution is -2.38. The smallest absolute Gasteiger partial charge is 0.278 e. The van der Waals surface area contributed by atoms with E-state index in [-0.39, 0.29) is 46.0 Å². The summed E-state index contributed by atoms with van der Waals surface area (Å²) in [6.07, 6.45) is 0.258. The summed E-state index contributed by atoms with van der Waals surface area (Å²) >= 11 is 0. The van der Waals surface area contributed by atoms with Crippen molar-refractivity contribution in [3.8, 4) is 40.2 Å². The van der Waals surface area contributed by atoms with Gasteiger partial charge in [0.2, 0.25) is 0 Å². The van der Waals surface area contributed by atoms with Crippen LogP contribution in [-0.2, 0) is 6.42 Å². The molecule has 0 atom stereocenters. The molecule has 131 heavy (non-hydrogen) atoms. The van der Waals surface area contributed by atoms with Crippen LogP contribution >= 0.6 is 21.8 Å². The van der Waals surface area contributed by atoms with Crippen molar-refractivity contribution in [1.29, 1.82) is 0 Å². The zero-order chi connectivity index (χ0) is 92.2. The number of Topliss-reactive ketones (excluding diaryl/α,β-unsaturated/α-hetero) is 1. The second kappa shape index (κ2) is 47.0. The largest absolute Gasteiger partial charge is 0.872 e. The zero-order valence-electron chi connectivity index (χ0n) is 70.7. The van der Waals surface area contributed by atoms with Crippen LogP contribution < -0.4 is 95.4 Å². The molecule has 18 aromatic carbocycles. The molecule has 0 unspecified atom stereocenters. The van der Waals surface area contributed by atoms with Crippen LogP contribution in [0.1, 0.15) is 47.0 Å². The van der Waals surface area contributed by atoms with E-state index in [1.807, 2.05) is 54.6 Å². The number of phenols is 4. The molecule has 0 heterocycles. The Hall–Kier alpha value is -15.9. The second-order valence-corrected chi connectivity index (χ2v) is 39.4. The molecule has 0 saturated heterocycles. The van der Waals surface area contributed by atoms with Gasteiger partial charge in [-0.15, -0.1) is 0 Å². The van der Waals surface area contributed by atoms with Crippen LogP contribution in [0.15, 0.2) is 485 Å². The first-order valence-electron chi connectivity index (χ1n) is 41.4. The fourth-order valence-corrected chi connectivity index (χ4v) is 27.8. The molecule has 0 spiro atoms. The van der Waals surface area contributed by atoms with E-state index in [1.54, 1.807) is 66.7 Å². The first-order valence-corrected chi connectivity index (χ1v) is 46.8. The Morgan fingerprint density at radius 3 is 0.672 bits per heavy atom. The van der Waals surface area contributed by atoms with Crippen molar-refractivity contribution >= 4 is 120 Å². The van der Waals surface area contributed by atoms with Gasteiger partial charge in [-0.3, -0.25) is 34.8 Å². The highest BCUT2D eigenvalue weighted by Gasteiger charge is 2.50. The Bertz CT molecular complexity index is 5820. The normalized spacial score (nSPS) is 10.6. The molecule has 20 heteroatoms. The van der Waals surface area contributed by atoms with Crippen LogP contribution in [0.4, 0.5) is 0 Å². The molecule has 650 valence electrons. The number of benzene rings is 18. The molecule has 0 aliphatic heterocycles. The molecule has 3 amide bonds. The second-order valence-electron chi connectivity index (χ2n) is 29.2. The van der Waals surface area contributed by atoms with Gasteiger partial charge in [0, 0.05) is 23.1 Å². The fourth-order valence-electron chi connectivity index (χ4n) is 15.0. The number of rotatable bonds is 18. The van der Waals surface area contributed by atoms with E-state index in [4.69, 9.17) is 20.7 Å². The van der Waals surface area contributed by atoms with E-state index in [0.29, 0.717) is 17.2 Å². The minimum Gasteiger partial charge on any atom is -0.872 e.